The minimum absolute atomic E-state index is 0.347. The van der Waals surface area contributed by atoms with Crippen LogP contribution in [0, 0.1) is 13.8 Å². The number of hydrogen-bond donors (Lipinski definition) is 2. The second-order valence-corrected chi connectivity index (χ2v) is 8.53. The van der Waals surface area contributed by atoms with Gasteiger partial charge in [-0.1, -0.05) is 24.3 Å². The van der Waals surface area contributed by atoms with Crippen molar-refractivity contribution in [3.63, 3.8) is 0 Å². The van der Waals surface area contributed by atoms with Gasteiger partial charge in [0.1, 0.15) is 0 Å². The van der Waals surface area contributed by atoms with E-state index in [1.807, 2.05) is 18.4 Å². The number of ether oxygens (including phenoxy) is 1. The number of aliphatic hydroxyl groups is 1. The second-order valence-electron chi connectivity index (χ2n) is 8.53. The van der Waals surface area contributed by atoms with Crippen molar-refractivity contribution < 1.29 is 24.2 Å². The highest BCUT2D eigenvalue weighted by atomic mass is 16.5. The zero-order chi connectivity index (χ0) is 24.2. The van der Waals surface area contributed by atoms with Gasteiger partial charge in [0.05, 0.1) is 6.61 Å². The molecule has 3 aromatic rings. The summed E-state index contributed by atoms with van der Waals surface area (Å²) in [5.41, 5.74) is 6.24. The van der Waals surface area contributed by atoms with Gasteiger partial charge in [0.2, 0.25) is 5.78 Å². The molecule has 7 nitrogen and oxygen atoms in total. The number of esters is 1. The van der Waals surface area contributed by atoms with Crippen LogP contribution in [0.4, 0.5) is 0 Å². The van der Waals surface area contributed by atoms with Crippen molar-refractivity contribution in [2.24, 2.45) is 0 Å². The summed E-state index contributed by atoms with van der Waals surface area (Å²) in [6.45, 7) is 2.68. The summed E-state index contributed by atoms with van der Waals surface area (Å²) in [5, 5.41) is 12.0. The van der Waals surface area contributed by atoms with Crippen LogP contribution in [0.2, 0.25) is 0 Å². The van der Waals surface area contributed by atoms with Gasteiger partial charge in [-0.3, -0.25) is 9.59 Å². The van der Waals surface area contributed by atoms with Gasteiger partial charge in [-0.2, -0.15) is 0 Å². The van der Waals surface area contributed by atoms with E-state index in [-0.39, 0.29) is 5.78 Å². The minimum Gasteiger partial charge on any atom is -0.456 e. The quantitative estimate of drug-likeness (QED) is 0.398. The highest BCUT2D eigenvalue weighted by molar-refractivity contribution is 6.00. The Hall–Kier alpha value is -3.71. The number of nitrogens with one attached hydrogen (secondary N) is 1. The first kappa shape index (κ1) is 23.4. The highest BCUT2D eigenvalue weighted by Crippen LogP contribution is 2.27. The average molecular weight is 461 g/mol. The van der Waals surface area contributed by atoms with E-state index in [4.69, 9.17) is 4.74 Å². The van der Waals surface area contributed by atoms with Crippen LogP contribution in [-0.2, 0) is 22.4 Å². The zero-order valence-electron chi connectivity index (χ0n) is 19.3. The van der Waals surface area contributed by atoms with Crippen LogP contribution in [0.3, 0.4) is 0 Å². The molecule has 176 valence electrons. The maximum atomic E-state index is 12.9. The highest BCUT2D eigenvalue weighted by Gasteiger charge is 2.24. The van der Waals surface area contributed by atoms with Crippen molar-refractivity contribution >= 4 is 17.7 Å². The molecule has 0 aliphatic heterocycles. The van der Waals surface area contributed by atoms with Gasteiger partial charge in [-0.25, -0.2) is 4.79 Å². The SMILES string of the molecule is Cc1cc(C(=O)COC(=O)C(CO)NC(=O)c2ccccc2)c(C)n1-c1ccc2c(c1)CCC2. The van der Waals surface area contributed by atoms with Gasteiger partial charge in [0.25, 0.3) is 5.91 Å². The molecule has 0 bridgehead atoms. The Morgan fingerprint density at radius 1 is 1.03 bits per heavy atom. The third-order valence-corrected chi connectivity index (χ3v) is 6.23. The first-order valence-electron chi connectivity index (χ1n) is 11.4. The van der Waals surface area contributed by atoms with Crippen molar-refractivity contribution in [3.8, 4) is 5.69 Å². The molecule has 4 rings (SSSR count). The number of benzene rings is 2. The lowest BCUT2D eigenvalue weighted by molar-refractivity contribution is -0.145. The summed E-state index contributed by atoms with van der Waals surface area (Å²) in [4.78, 5) is 37.5. The predicted molar refractivity (Wildman–Crippen MR) is 127 cm³/mol. The molecule has 1 atom stereocenters. The lowest BCUT2D eigenvalue weighted by Crippen LogP contribution is -2.44. The van der Waals surface area contributed by atoms with Crippen molar-refractivity contribution in [3.05, 3.63) is 88.2 Å². The van der Waals surface area contributed by atoms with E-state index in [0.29, 0.717) is 11.1 Å². The Morgan fingerprint density at radius 3 is 2.50 bits per heavy atom. The number of aliphatic hydroxyl groups excluding tert-OH is 1. The van der Waals surface area contributed by atoms with Crippen LogP contribution in [0.1, 0.15) is 49.7 Å². The number of amides is 1. The van der Waals surface area contributed by atoms with Crippen LogP contribution >= 0.6 is 0 Å². The lowest BCUT2D eigenvalue weighted by atomic mass is 10.1. The van der Waals surface area contributed by atoms with E-state index >= 15 is 0 Å². The number of carbonyl (C=O) groups is 3. The van der Waals surface area contributed by atoms with Gasteiger partial charge >= 0.3 is 5.97 Å². The van der Waals surface area contributed by atoms with Crippen molar-refractivity contribution in [2.75, 3.05) is 13.2 Å². The van der Waals surface area contributed by atoms with Crippen LogP contribution in [0.5, 0.6) is 0 Å². The Balaban J connectivity index is 1.42. The molecule has 1 unspecified atom stereocenters. The van der Waals surface area contributed by atoms with Gasteiger partial charge in [-0.05, 0) is 74.6 Å². The summed E-state index contributed by atoms with van der Waals surface area (Å²) in [6.07, 6.45) is 3.34. The van der Waals surface area contributed by atoms with E-state index in [2.05, 4.69) is 23.5 Å². The number of ketones is 1. The fourth-order valence-electron chi connectivity index (χ4n) is 4.46. The van der Waals surface area contributed by atoms with Gasteiger partial charge in [-0.15, -0.1) is 0 Å². The maximum absolute atomic E-state index is 12.9. The standard InChI is InChI=1S/C27H28N2O5/c1-17-13-23(18(2)29(17)22-12-11-19-9-6-10-21(19)14-22)25(31)16-34-27(33)24(15-30)28-26(32)20-7-4-3-5-8-20/h3-5,7-8,11-14,24,30H,6,9-10,15-16H2,1-2H3,(H,28,32). The van der Waals surface area contributed by atoms with E-state index < -0.39 is 31.1 Å². The molecule has 1 aromatic heterocycles. The molecular formula is C27H28N2O5. The lowest BCUT2D eigenvalue weighted by Gasteiger charge is -2.15. The van der Waals surface area contributed by atoms with Gasteiger partial charge in [0.15, 0.2) is 12.6 Å². The summed E-state index contributed by atoms with van der Waals surface area (Å²) in [7, 11) is 0. The van der Waals surface area contributed by atoms with E-state index in [9.17, 15) is 19.5 Å². The molecule has 0 fully saturated rings. The Labute approximate surface area is 198 Å². The van der Waals surface area contributed by atoms with E-state index in [1.54, 1.807) is 36.4 Å². The summed E-state index contributed by atoms with van der Waals surface area (Å²) < 4.78 is 7.18. The van der Waals surface area contributed by atoms with Crippen molar-refractivity contribution in [2.45, 2.75) is 39.2 Å². The first-order chi connectivity index (χ1) is 16.4. The number of aryl methyl sites for hydroxylation is 3. The smallest absolute Gasteiger partial charge is 0.331 e. The Morgan fingerprint density at radius 2 is 1.76 bits per heavy atom. The molecule has 7 heteroatoms. The topological polar surface area (TPSA) is 97.6 Å². The van der Waals surface area contributed by atoms with Crippen LogP contribution in [-0.4, -0.2) is 46.6 Å². The van der Waals surface area contributed by atoms with Crippen LogP contribution < -0.4 is 5.32 Å². The summed E-state index contributed by atoms with van der Waals surface area (Å²) in [6, 6.07) is 15.3. The fourth-order valence-corrected chi connectivity index (χ4v) is 4.46. The number of rotatable bonds is 8. The van der Waals surface area contributed by atoms with Crippen molar-refractivity contribution in [1.29, 1.82) is 0 Å². The first-order valence-corrected chi connectivity index (χ1v) is 11.4. The monoisotopic (exact) mass is 460 g/mol. The largest absolute Gasteiger partial charge is 0.456 e. The molecule has 34 heavy (non-hydrogen) atoms. The number of carbonyl (C=O) groups excluding carboxylic acids is 3. The number of nitrogens with zero attached hydrogens (tertiary/aromatic N) is 1. The molecule has 1 heterocycles. The molecule has 0 radical (unpaired) electrons. The van der Waals surface area contributed by atoms with Crippen LogP contribution in [0.15, 0.2) is 54.6 Å². The molecular weight excluding hydrogens is 432 g/mol. The molecule has 0 spiro atoms. The fraction of sp³-hybridized carbons (Fsp3) is 0.296. The summed E-state index contributed by atoms with van der Waals surface area (Å²) in [5.74, 6) is -1.73. The third kappa shape index (κ3) is 4.79. The molecule has 1 aliphatic rings. The molecule has 1 amide bonds. The Bertz CT molecular complexity index is 1230. The minimum atomic E-state index is -1.26. The average Bonchev–Trinajstić information content (AvgIpc) is 3.44. The number of Topliss-reactive ketones (excluding diaryl/α,β-unsaturated/α-hetero) is 1. The molecule has 2 aromatic carbocycles. The maximum Gasteiger partial charge on any atom is 0.331 e. The van der Waals surface area contributed by atoms with E-state index in [1.165, 1.54) is 11.1 Å². The van der Waals surface area contributed by atoms with Gasteiger partial charge < -0.3 is 19.7 Å². The van der Waals surface area contributed by atoms with Crippen LogP contribution in [0.25, 0.3) is 5.69 Å². The second kappa shape index (κ2) is 10.1. The summed E-state index contributed by atoms with van der Waals surface area (Å²) >= 11 is 0. The van der Waals surface area contributed by atoms with Gasteiger partial charge in [0, 0.05) is 28.2 Å². The van der Waals surface area contributed by atoms with E-state index in [0.717, 1.165) is 36.3 Å². The molecule has 0 saturated heterocycles. The normalized spacial score (nSPS) is 13.3. The molecule has 1 aliphatic carbocycles. The molecule has 0 saturated carbocycles. The number of hydrogen-bond acceptors (Lipinski definition) is 5. The van der Waals surface area contributed by atoms with Crippen molar-refractivity contribution in [1.82, 2.24) is 9.88 Å². The molecule has 2 N–H and O–H groups in total. The predicted octanol–water partition coefficient (Wildman–Crippen LogP) is 3.10. The number of aromatic nitrogens is 1. The zero-order valence-corrected chi connectivity index (χ0v) is 19.3. The third-order valence-electron chi connectivity index (χ3n) is 6.23. The number of fused-ring (bicyclic) bond motifs is 1. The Kier molecular flexibility index (Phi) is 6.93.